The number of amides is 2. The number of hydrogen-bond donors (Lipinski definition) is 1. The van der Waals surface area contributed by atoms with Crippen LogP contribution in [-0.2, 0) is 46.4 Å². The lowest BCUT2D eigenvalue weighted by Gasteiger charge is -2.49. The number of carbonyl (C=O) groups excluding carboxylic acids is 3. The van der Waals surface area contributed by atoms with Crippen LogP contribution in [0.5, 0.6) is 0 Å². The first kappa shape index (κ1) is 28.8. The summed E-state index contributed by atoms with van der Waals surface area (Å²) >= 11 is 1.11. The first-order chi connectivity index (χ1) is 20.1. The number of fused-ring (bicyclic) bond motifs is 1. The number of rotatable bonds is 10. The highest BCUT2D eigenvalue weighted by atomic mass is 32.2. The maximum atomic E-state index is 13.3. The van der Waals surface area contributed by atoms with Gasteiger partial charge in [-0.05, 0) is 35.4 Å². The van der Waals surface area contributed by atoms with Gasteiger partial charge in [0.15, 0.2) is 11.5 Å². The molecule has 2 aromatic carbocycles. The number of aromatic nitrogens is 1. The SMILES string of the molecule is O=C(Cc1ccccc1)NC1C(=O)N2C(C(=O)OCc3ccc([N+](=O)[O-])cc3)=C(OS(=O)(=O)c3cccnc3)CS[C@H]12. The summed E-state index contributed by atoms with van der Waals surface area (Å²) in [5, 5.41) is 12.9. The summed E-state index contributed by atoms with van der Waals surface area (Å²) in [5.74, 6) is -2.53. The van der Waals surface area contributed by atoms with E-state index in [1.807, 2.05) is 6.07 Å². The molecule has 216 valence electrons. The van der Waals surface area contributed by atoms with Crippen molar-refractivity contribution >= 4 is 45.4 Å². The topological polar surface area (TPSA) is 175 Å². The Morgan fingerprint density at radius 1 is 1.07 bits per heavy atom. The molecule has 3 heterocycles. The summed E-state index contributed by atoms with van der Waals surface area (Å²) in [7, 11) is -4.42. The average molecular weight is 611 g/mol. The first-order valence-corrected chi connectivity index (χ1v) is 14.9. The summed E-state index contributed by atoms with van der Waals surface area (Å²) in [6.07, 6.45) is 2.50. The Labute approximate surface area is 243 Å². The van der Waals surface area contributed by atoms with Crippen LogP contribution in [-0.4, -0.2) is 58.2 Å². The lowest BCUT2D eigenvalue weighted by atomic mass is 10.0. The minimum Gasteiger partial charge on any atom is -0.456 e. The van der Waals surface area contributed by atoms with Gasteiger partial charge in [-0.2, -0.15) is 8.42 Å². The molecular formula is C27H22N4O9S2. The van der Waals surface area contributed by atoms with Gasteiger partial charge in [-0.3, -0.25) is 29.6 Å². The molecule has 1 saturated heterocycles. The molecule has 1 fully saturated rings. The highest BCUT2D eigenvalue weighted by molar-refractivity contribution is 8.00. The van der Waals surface area contributed by atoms with Gasteiger partial charge in [-0.25, -0.2) is 4.79 Å². The Balaban J connectivity index is 1.37. The molecule has 15 heteroatoms. The van der Waals surface area contributed by atoms with Crippen LogP contribution in [0.1, 0.15) is 11.1 Å². The van der Waals surface area contributed by atoms with Crippen LogP contribution in [0.2, 0.25) is 0 Å². The smallest absolute Gasteiger partial charge is 0.359 e. The summed E-state index contributed by atoms with van der Waals surface area (Å²) in [4.78, 5) is 54.1. The second kappa shape index (κ2) is 12.0. The van der Waals surface area contributed by atoms with E-state index in [-0.39, 0.29) is 35.1 Å². The summed E-state index contributed by atoms with van der Waals surface area (Å²) in [6.45, 7) is -0.319. The van der Waals surface area contributed by atoms with Crippen molar-refractivity contribution in [2.45, 2.75) is 29.3 Å². The van der Waals surface area contributed by atoms with E-state index in [0.717, 1.165) is 28.4 Å². The number of esters is 1. The van der Waals surface area contributed by atoms with Crippen LogP contribution >= 0.6 is 11.8 Å². The van der Waals surface area contributed by atoms with E-state index in [4.69, 9.17) is 8.92 Å². The standard InChI is InChI=1S/C27H22N4O9S2/c32-22(13-17-5-2-1-3-6-17)29-23-25(33)30-24(27(34)39-15-18-8-10-19(11-9-18)31(35)36)21(16-41-26(23)30)40-42(37,38)20-7-4-12-28-14-20/h1-12,14,23,26H,13,15-16H2,(H,29,32)/t23?,26-/m1/s1. The molecular weight excluding hydrogens is 588 g/mol. The number of carbonyl (C=O) groups is 3. The van der Waals surface area contributed by atoms with Crippen LogP contribution in [0.4, 0.5) is 5.69 Å². The molecule has 1 aromatic heterocycles. The number of nitro benzene ring substituents is 1. The van der Waals surface area contributed by atoms with Crippen molar-refractivity contribution in [2.24, 2.45) is 0 Å². The predicted octanol–water partition coefficient (Wildman–Crippen LogP) is 2.29. The van der Waals surface area contributed by atoms with E-state index in [2.05, 4.69) is 10.3 Å². The molecule has 0 radical (unpaired) electrons. The van der Waals surface area contributed by atoms with Crippen molar-refractivity contribution in [3.8, 4) is 0 Å². The van der Waals surface area contributed by atoms with Gasteiger partial charge in [0.05, 0.1) is 17.1 Å². The van der Waals surface area contributed by atoms with Gasteiger partial charge < -0.3 is 14.2 Å². The first-order valence-electron chi connectivity index (χ1n) is 12.4. The fourth-order valence-corrected chi connectivity index (χ4v) is 6.52. The Hall–Kier alpha value is -4.76. The van der Waals surface area contributed by atoms with Crippen molar-refractivity contribution in [1.29, 1.82) is 0 Å². The number of pyridine rings is 1. The summed E-state index contributed by atoms with van der Waals surface area (Å²) < 4.78 is 36.6. The third-order valence-corrected chi connectivity index (χ3v) is 8.79. The van der Waals surface area contributed by atoms with Gasteiger partial charge in [0.2, 0.25) is 5.91 Å². The number of nitrogens with zero attached hydrogens (tertiary/aromatic N) is 3. The second-order valence-corrected chi connectivity index (χ2v) is 11.8. The van der Waals surface area contributed by atoms with E-state index in [1.165, 1.54) is 42.6 Å². The van der Waals surface area contributed by atoms with Crippen LogP contribution in [0.15, 0.2) is 95.5 Å². The maximum Gasteiger partial charge on any atom is 0.359 e. The van der Waals surface area contributed by atoms with Crippen LogP contribution in [0, 0.1) is 10.1 Å². The van der Waals surface area contributed by atoms with E-state index >= 15 is 0 Å². The van der Waals surface area contributed by atoms with E-state index < -0.39 is 49.9 Å². The van der Waals surface area contributed by atoms with Crippen molar-refractivity contribution in [3.63, 3.8) is 0 Å². The maximum absolute atomic E-state index is 13.3. The monoisotopic (exact) mass is 610 g/mol. The molecule has 3 aromatic rings. The van der Waals surface area contributed by atoms with Gasteiger partial charge in [-0.1, -0.05) is 30.3 Å². The predicted molar refractivity (Wildman–Crippen MR) is 148 cm³/mol. The zero-order valence-corrected chi connectivity index (χ0v) is 23.2. The molecule has 13 nitrogen and oxygen atoms in total. The Morgan fingerprint density at radius 2 is 1.81 bits per heavy atom. The minimum atomic E-state index is -4.42. The molecule has 0 bridgehead atoms. The molecule has 2 atom stereocenters. The molecule has 2 aliphatic rings. The number of nitrogens with one attached hydrogen (secondary N) is 1. The number of thioether (sulfide) groups is 1. The van der Waals surface area contributed by atoms with E-state index in [0.29, 0.717) is 5.56 Å². The van der Waals surface area contributed by atoms with Crippen molar-refractivity contribution in [1.82, 2.24) is 15.2 Å². The Morgan fingerprint density at radius 3 is 2.48 bits per heavy atom. The normalized spacial score (nSPS) is 18.0. The molecule has 5 rings (SSSR count). The van der Waals surface area contributed by atoms with Crippen LogP contribution < -0.4 is 5.32 Å². The number of non-ortho nitro benzene ring substituents is 1. The molecule has 1 unspecified atom stereocenters. The molecule has 0 aliphatic carbocycles. The zero-order chi connectivity index (χ0) is 29.9. The lowest BCUT2D eigenvalue weighted by molar-refractivity contribution is -0.384. The van der Waals surface area contributed by atoms with Crippen molar-refractivity contribution in [3.05, 3.63) is 112 Å². The largest absolute Gasteiger partial charge is 0.456 e. The number of β-lactam (4-membered cyclic amide) rings is 1. The fourth-order valence-electron chi connectivity index (χ4n) is 4.26. The fraction of sp³-hybridized carbons (Fsp3) is 0.185. The molecule has 1 N–H and O–H groups in total. The van der Waals surface area contributed by atoms with Gasteiger partial charge in [-0.15, -0.1) is 11.8 Å². The van der Waals surface area contributed by atoms with Gasteiger partial charge in [0, 0.05) is 24.5 Å². The number of ether oxygens (including phenoxy) is 1. The molecule has 0 saturated carbocycles. The molecule has 2 amide bonds. The van der Waals surface area contributed by atoms with Crippen LogP contribution in [0.3, 0.4) is 0 Å². The van der Waals surface area contributed by atoms with E-state index in [1.54, 1.807) is 24.3 Å². The average Bonchev–Trinajstić information content (AvgIpc) is 2.99. The number of nitro groups is 1. The Kier molecular flexibility index (Phi) is 8.22. The van der Waals surface area contributed by atoms with Crippen molar-refractivity contribution in [2.75, 3.05) is 5.75 Å². The third-order valence-electron chi connectivity index (χ3n) is 6.30. The summed E-state index contributed by atoms with van der Waals surface area (Å²) in [6, 6.07) is 15.9. The Bertz CT molecular complexity index is 1660. The second-order valence-electron chi connectivity index (χ2n) is 9.12. The van der Waals surface area contributed by atoms with E-state index in [9.17, 15) is 32.9 Å². The summed E-state index contributed by atoms with van der Waals surface area (Å²) in [5.41, 5.74) is 0.610. The number of hydrogen-bond acceptors (Lipinski definition) is 11. The van der Waals surface area contributed by atoms with Crippen molar-refractivity contribution < 1.29 is 36.6 Å². The lowest BCUT2D eigenvalue weighted by Crippen LogP contribution is -2.70. The molecule has 0 spiro atoms. The van der Waals surface area contributed by atoms with Gasteiger partial charge >= 0.3 is 16.1 Å². The van der Waals surface area contributed by atoms with Gasteiger partial charge in [0.25, 0.3) is 11.6 Å². The third kappa shape index (κ3) is 6.11. The highest BCUT2D eigenvalue weighted by Gasteiger charge is 2.55. The zero-order valence-electron chi connectivity index (χ0n) is 21.6. The minimum absolute atomic E-state index is 0.0414. The molecule has 2 aliphatic heterocycles. The highest BCUT2D eigenvalue weighted by Crippen LogP contribution is 2.42. The van der Waals surface area contributed by atoms with Gasteiger partial charge in [0.1, 0.15) is 22.9 Å². The molecule has 42 heavy (non-hydrogen) atoms. The number of benzene rings is 2. The van der Waals surface area contributed by atoms with Crippen LogP contribution in [0.25, 0.3) is 0 Å². The quantitative estimate of drug-likeness (QED) is 0.117.